The number of benzene rings is 1. The fraction of sp³-hybridized carbons (Fsp3) is 0.462. The van der Waals surface area contributed by atoms with Crippen LogP contribution in [-0.2, 0) is 11.2 Å². The molecule has 0 saturated carbocycles. The largest absolute Gasteiger partial charge is 0.321 e. The van der Waals surface area contributed by atoms with Crippen LogP contribution < -0.4 is 5.73 Å². The van der Waals surface area contributed by atoms with Crippen LogP contribution in [-0.4, -0.2) is 11.8 Å². The van der Waals surface area contributed by atoms with E-state index >= 15 is 0 Å². The van der Waals surface area contributed by atoms with Crippen molar-refractivity contribution in [2.75, 3.05) is 0 Å². The summed E-state index contributed by atoms with van der Waals surface area (Å²) in [6.07, 6.45) is 0.553. The number of hydrogen-bond acceptors (Lipinski definition) is 2. The Hall–Kier alpha value is -0.860. The zero-order valence-corrected chi connectivity index (χ0v) is 10.7. The summed E-state index contributed by atoms with van der Waals surface area (Å²) in [4.78, 5) is 11.6. The molecule has 0 aliphatic carbocycles. The minimum absolute atomic E-state index is 0.0177. The van der Waals surface area contributed by atoms with Crippen molar-refractivity contribution in [2.24, 2.45) is 11.7 Å². The molecule has 3 heteroatoms. The van der Waals surface area contributed by atoms with Gasteiger partial charge in [0, 0.05) is 10.9 Å². The van der Waals surface area contributed by atoms with Crippen molar-refractivity contribution in [3.05, 3.63) is 34.3 Å². The first-order valence-corrected chi connectivity index (χ1v) is 5.84. The Bertz CT molecular complexity index is 388. The summed E-state index contributed by atoms with van der Waals surface area (Å²) in [5.41, 5.74) is 7.89. The summed E-state index contributed by atoms with van der Waals surface area (Å²) in [7, 11) is 0. The molecule has 1 aromatic rings. The van der Waals surface area contributed by atoms with Crippen molar-refractivity contribution in [3.63, 3.8) is 0 Å². The van der Waals surface area contributed by atoms with Gasteiger partial charge in [0.05, 0.1) is 6.04 Å². The lowest BCUT2D eigenvalue weighted by Gasteiger charge is -2.13. The number of rotatable bonds is 4. The highest BCUT2D eigenvalue weighted by molar-refractivity contribution is 6.31. The molecule has 0 saturated heterocycles. The number of carbonyl (C=O) groups excluding carboxylic acids is 1. The van der Waals surface area contributed by atoms with Crippen LogP contribution in [0.15, 0.2) is 18.2 Å². The van der Waals surface area contributed by atoms with E-state index in [1.807, 2.05) is 39.0 Å². The van der Waals surface area contributed by atoms with Crippen LogP contribution >= 0.6 is 11.6 Å². The van der Waals surface area contributed by atoms with Crippen molar-refractivity contribution in [1.82, 2.24) is 0 Å². The van der Waals surface area contributed by atoms with E-state index in [-0.39, 0.29) is 11.7 Å². The molecule has 2 N–H and O–H groups in total. The molecule has 0 bridgehead atoms. The van der Waals surface area contributed by atoms with Gasteiger partial charge in [0.1, 0.15) is 0 Å². The summed E-state index contributed by atoms with van der Waals surface area (Å²) < 4.78 is 0. The molecule has 0 spiro atoms. The van der Waals surface area contributed by atoms with Crippen molar-refractivity contribution < 1.29 is 4.79 Å². The second kappa shape index (κ2) is 5.46. The number of Topliss-reactive ketones (excluding diaryl/α,β-unsaturated/α-hetero) is 1. The molecule has 0 amide bonds. The average molecular weight is 240 g/mol. The van der Waals surface area contributed by atoms with Gasteiger partial charge >= 0.3 is 0 Å². The number of aryl methyl sites for hydroxylation is 1. The highest BCUT2D eigenvalue weighted by Gasteiger charge is 2.17. The molecular formula is C13H18ClNO. The molecule has 0 fully saturated rings. The molecule has 1 atom stereocenters. The highest BCUT2D eigenvalue weighted by Crippen LogP contribution is 2.18. The fourth-order valence-electron chi connectivity index (χ4n) is 1.55. The standard InChI is InChI=1S/C13H18ClNO/c1-8(2)13(16)12(15)7-10-5-4-9(3)11(14)6-10/h4-6,8,12H,7,15H2,1-3H3. The molecule has 0 aliphatic heterocycles. The van der Waals surface area contributed by atoms with Crippen LogP contribution in [0.5, 0.6) is 0 Å². The van der Waals surface area contributed by atoms with E-state index in [2.05, 4.69) is 0 Å². The van der Waals surface area contributed by atoms with E-state index in [0.29, 0.717) is 6.42 Å². The van der Waals surface area contributed by atoms with Crippen molar-refractivity contribution in [2.45, 2.75) is 33.2 Å². The fourth-order valence-corrected chi connectivity index (χ4v) is 1.75. The SMILES string of the molecule is Cc1ccc(CC(N)C(=O)C(C)C)cc1Cl. The number of hydrogen-bond donors (Lipinski definition) is 1. The highest BCUT2D eigenvalue weighted by atomic mass is 35.5. The Morgan fingerprint density at radius 1 is 1.44 bits per heavy atom. The second-order valence-electron chi connectivity index (χ2n) is 4.45. The predicted octanol–water partition coefficient (Wildman–Crippen LogP) is 2.74. The molecule has 2 nitrogen and oxygen atoms in total. The molecule has 1 unspecified atom stereocenters. The Balaban J connectivity index is 2.73. The van der Waals surface area contributed by atoms with Crippen LogP contribution in [0.3, 0.4) is 0 Å². The van der Waals surface area contributed by atoms with Crippen LogP contribution in [0.1, 0.15) is 25.0 Å². The molecular weight excluding hydrogens is 222 g/mol. The molecule has 0 aromatic heterocycles. The lowest BCUT2D eigenvalue weighted by Crippen LogP contribution is -2.35. The van der Waals surface area contributed by atoms with Gasteiger partial charge in [-0.15, -0.1) is 0 Å². The molecule has 0 aliphatic rings. The first-order chi connectivity index (χ1) is 7.41. The van der Waals surface area contributed by atoms with Gasteiger partial charge < -0.3 is 5.73 Å². The summed E-state index contributed by atoms with van der Waals surface area (Å²) in [6, 6.07) is 5.36. The Kier molecular flexibility index (Phi) is 4.51. The average Bonchev–Trinajstić information content (AvgIpc) is 2.22. The van der Waals surface area contributed by atoms with Gasteiger partial charge in [-0.1, -0.05) is 37.6 Å². The second-order valence-corrected chi connectivity index (χ2v) is 4.86. The normalized spacial score (nSPS) is 12.9. The van der Waals surface area contributed by atoms with E-state index in [1.54, 1.807) is 0 Å². The third kappa shape index (κ3) is 3.32. The Labute approximate surface area is 102 Å². The molecule has 0 radical (unpaired) electrons. The van der Waals surface area contributed by atoms with Crippen LogP contribution in [0.2, 0.25) is 5.02 Å². The van der Waals surface area contributed by atoms with E-state index < -0.39 is 6.04 Å². The Morgan fingerprint density at radius 3 is 2.56 bits per heavy atom. The molecule has 1 aromatic carbocycles. The van der Waals surface area contributed by atoms with Crippen molar-refractivity contribution in [1.29, 1.82) is 0 Å². The monoisotopic (exact) mass is 239 g/mol. The van der Waals surface area contributed by atoms with Crippen molar-refractivity contribution >= 4 is 17.4 Å². The topological polar surface area (TPSA) is 43.1 Å². The summed E-state index contributed by atoms with van der Waals surface area (Å²) in [6.45, 7) is 5.68. The van der Waals surface area contributed by atoms with Gasteiger partial charge in [0.2, 0.25) is 0 Å². The zero-order chi connectivity index (χ0) is 12.3. The number of carbonyl (C=O) groups is 1. The zero-order valence-electron chi connectivity index (χ0n) is 9.96. The number of ketones is 1. The minimum atomic E-state index is -0.432. The van der Waals surface area contributed by atoms with Gasteiger partial charge in [-0.3, -0.25) is 4.79 Å². The number of halogens is 1. The van der Waals surface area contributed by atoms with Gasteiger partial charge in [-0.2, -0.15) is 0 Å². The van der Waals surface area contributed by atoms with Gasteiger partial charge in [-0.25, -0.2) is 0 Å². The predicted molar refractivity (Wildman–Crippen MR) is 67.7 cm³/mol. The van der Waals surface area contributed by atoms with Gasteiger partial charge in [-0.05, 0) is 30.5 Å². The van der Waals surface area contributed by atoms with E-state index in [9.17, 15) is 4.79 Å². The maximum Gasteiger partial charge on any atom is 0.152 e. The summed E-state index contributed by atoms with van der Waals surface area (Å²) >= 11 is 6.01. The van der Waals surface area contributed by atoms with Crippen LogP contribution in [0.4, 0.5) is 0 Å². The molecule has 88 valence electrons. The lowest BCUT2D eigenvalue weighted by molar-refractivity contribution is -0.123. The molecule has 16 heavy (non-hydrogen) atoms. The molecule has 0 heterocycles. The first kappa shape index (κ1) is 13.2. The Morgan fingerprint density at radius 2 is 2.06 bits per heavy atom. The van der Waals surface area contributed by atoms with Crippen LogP contribution in [0, 0.1) is 12.8 Å². The number of nitrogens with two attached hydrogens (primary N) is 1. The van der Waals surface area contributed by atoms with Crippen LogP contribution in [0.25, 0.3) is 0 Å². The third-order valence-electron chi connectivity index (χ3n) is 2.63. The molecule has 1 rings (SSSR count). The third-order valence-corrected chi connectivity index (χ3v) is 3.03. The van der Waals surface area contributed by atoms with Gasteiger partial charge in [0.15, 0.2) is 5.78 Å². The quantitative estimate of drug-likeness (QED) is 0.878. The maximum atomic E-state index is 11.6. The maximum absolute atomic E-state index is 11.6. The van der Waals surface area contributed by atoms with E-state index in [4.69, 9.17) is 17.3 Å². The van der Waals surface area contributed by atoms with E-state index in [0.717, 1.165) is 16.1 Å². The lowest BCUT2D eigenvalue weighted by atomic mass is 9.96. The van der Waals surface area contributed by atoms with E-state index in [1.165, 1.54) is 0 Å². The smallest absolute Gasteiger partial charge is 0.152 e. The summed E-state index contributed by atoms with van der Waals surface area (Å²) in [5, 5.41) is 0.724. The minimum Gasteiger partial charge on any atom is -0.321 e. The first-order valence-electron chi connectivity index (χ1n) is 5.46. The summed E-state index contributed by atoms with van der Waals surface area (Å²) in [5.74, 6) is 0.0765. The van der Waals surface area contributed by atoms with Gasteiger partial charge in [0.25, 0.3) is 0 Å². The van der Waals surface area contributed by atoms with Crippen molar-refractivity contribution in [3.8, 4) is 0 Å².